The molecule has 4 aromatic rings. The molecular weight excluding hydrogens is 755 g/mol. The number of ether oxygens (including phenoxy) is 2. The number of hydrogen-bond acceptors (Lipinski definition) is 14. The summed E-state index contributed by atoms with van der Waals surface area (Å²) in [4.78, 5) is 30.4. The van der Waals surface area contributed by atoms with Gasteiger partial charge in [0.15, 0.2) is 11.5 Å². The third-order valence-electron chi connectivity index (χ3n) is 14.7. The van der Waals surface area contributed by atoms with Gasteiger partial charge in [0.1, 0.15) is 28.9 Å². The quantitative estimate of drug-likeness (QED) is 0.230. The maximum atomic E-state index is 13.7. The highest BCUT2D eigenvalue weighted by Gasteiger charge is 2.61. The number of nitrogens with two attached hydrogens (primary N) is 1. The van der Waals surface area contributed by atoms with Gasteiger partial charge in [-0.1, -0.05) is 16.4 Å². The third-order valence-corrected chi connectivity index (χ3v) is 15.8. The fourth-order valence-corrected chi connectivity index (χ4v) is 13.0. The fraction of sp³-hybridized carbons (Fsp3) is 0.619. The first kappa shape index (κ1) is 37.4. The highest BCUT2D eigenvalue weighted by atomic mass is 32.1. The van der Waals surface area contributed by atoms with Gasteiger partial charge in [-0.3, -0.25) is 4.90 Å². The van der Waals surface area contributed by atoms with E-state index in [-0.39, 0.29) is 47.3 Å². The molecule has 6 heterocycles. The number of carbonyl (C=O) groups excluding carboxylic acids is 1. The van der Waals surface area contributed by atoms with Crippen molar-refractivity contribution in [2.75, 3.05) is 33.0 Å². The van der Waals surface area contributed by atoms with Crippen molar-refractivity contribution in [2.24, 2.45) is 11.3 Å². The van der Waals surface area contributed by atoms with E-state index in [0.29, 0.717) is 40.5 Å². The first-order chi connectivity index (χ1) is 28.1. The summed E-state index contributed by atoms with van der Waals surface area (Å²) in [6, 6.07) is 6.77. The fourth-order valence-electron chi connectivity index (χ4n) is 11.8. The molecule has 1 amide bonds. The number of fused-ring (bicyclic) bond motifs is 4. The number of aryl methyl sites for hydroxylation is 1. The summed E-state index contributed by atoms with van der Waals surface area (Å²) in [7, 11) is 3.86. The van der Waals surface area contributed by atoms with Crippen molar-refractivity contribution in [3.05, 3.63) is 50.9 Å². The minimum atomic E-state index is -0.416. The minimum Gasteiger partial charge on any atom is -0.459 e. The van der Waals surface area contributed by atoms with E-state index in [9.17, 15) is 15.3 Å². The van der Waals surface area contributed by atoms with Crippen molar-refractivity contribution in [2.45, 2.75) is 126 Å². The molecule has 2 saturated heterocycles. The summed E-state index contributed by atoms with van der Waals surface area (Å²) in [5.41, 5.74) is 11.3. The monoisotopic (exact) mass is 803 g/mol. The number of thiophene rings is 1. The van der Waals surface area contributed by atoms with E-state index in [2.05, 4.69) is 41.2 Å². The second kappa shape index (κ2) is 14.1. The van der Waals surface area contributed by atoms with Gasteiger partial charge in [0, 0.05) is 59.5 Å². The number of aromatic nitrogens is 6. The molecule has 58 heavy (non-hydrogen) atoms. The predicted molar refractivity (Wildman–Crippen MR) is 212 cm³/mol. The summed E-state index contributed by atoms with van der Waals surface area (Å²) in [5.74, 6) is 1.19. The largest absolute Gasteiger partial charge is 0.459 e. The molecule has 15 nitrogen and oxygen atoms in total. The van der Waals surface area contributed by atoms with E-state index in [1.165, 1.54) is 17.5 Å². The van der Waals surface area contributed by atoms with E-state index >= 15 is 0 Å². The molecule has 5 unspecified atom stereocenters. The van der Waals surface area contributed by atoms with Crippen LogP contribution in [0.25, 0.3) is 11.5 Å². The van der Waals surface area contributed by atoms with Gasteiger partial charge in [-0.05, 0) is 109 Å². The Kier molecular flexibility index (Phi) is 9.11. The van der Waals surface area contributed by atoms with E-state index in [0.717, 1.165) is 111 Å². The molecule has 7 atom stereocenters. The van der Waals surface area contributed by atoms with Gasteiger partial charge in [0.25, 0.3) is 0 Å². The predicted octanol–water partition coefficient (Wildman–Crippen LogP) is 5.96. The lowest BCUT2D eigenvalue weighted by Gasteiger charge is -2.60. The molecule has 16 heteroatoms. The van der Waals surface area contributed by atoms with Crippen LogP contribution in [0.5, 0.6) is 6.01 Å². The van der Waals surface area contributed by atoms with Gasteiger partial charge < -0.3 is 24.6 Å². The van der Waals surface area contributed by atoms with E-state index < -0.39 is 5.41 Å². The van der Waals surface area contributed by atoms with E-state index in [1.807, 2.05) is 11.0 Å². The normalized spacial score (nSPS) is 29.7. The smallest absolute Gasteiger partial charge is 0.362 e. The average Bonchev–Trinajstić information content (AvgIpc) is 4.05. The number of nitriles is 2. The Morgan fingerprint density at radius 1 is 1.12 bits per heavy atom. The Bertz CT molecular complexity index is 2350. The number of carbonyl (C=O) groups is 1. The molecule has 0 aromatic carbocycles. The summed E-state index contributed by atoms with van der Waals surface area (Å²) in [5, 5.41) is 33.2. The summed E-state index contributed by atoms with van der Waals surface area (Å²) >= 11 is 1.55. The van der Waals surface area contributed by atoms with Gasteiger partial charge >= 0.3 is 12.0 Å². The number of likely N-dealkylation sites (tertiary alicyclic amines) is 2. The zero-order valence-electron chi connectivity index (χ0n) is 33.3. The van der Waals surface area contributed by atoms with Crippen molar-refractivity contribution >= 4 is 22.4 Å². The first-order valence-electron chi connectivity index (χ1n) is 20.9. The Morgan fingerprint density at radius 3 is 2.67 bits per heavy atom. The van der Waals surface area contributed by atoms with Crippen LogP contribution in [-0.4, -0.2) is 97.5 Å². The number of hydrogen-bond donors (Lipinski definition) is 1. The van der Waals surface area contributed by atoms with Crippen molar-refractivity contribution in [3.8, 4) is 29.6 Å². The SMILES string of the molecule is COC1CC([C@H](C)Oc2nc(-c3onc4c3CCC[C@@]43CCCc4sc(N)c(C#N)c43)cc(C3CCC4(C3)CN(C(=O)n3ncc(C#N)n3)C4C3CCC3)n2)N(C)C1. The summed E-state index contributed by atoms with van der Waals surface area (Å²) < 4.78 is 18.8. The van der Waals surface area contributed by atoms with Crippen LogP contribution in [0.15, 0.2) is 16.8 Å². The molecule has 4 aliphatic carbocycles. The van der Waals surface area contributed by atoms with Gasteiger partial charge in [0.2, 0.25) is 0 Å². The molecule has 4 fully saturated rings. The van der Waals surface area contributed by atoms with E-state index in [4.69, 9.17) is 34.9 Å². The molecule has 0 radical (unpaired) electrons. The lowest BCUT2D eigenvalue weighted by Crippen LogP contribution is -2.69. The molecule has 2 aliphatic heterocycles. The molecular formula is C42H49N11O4S. The average molecular weight is 804 g/mol. The standard InChI is InChI=1S/C42H49N11O4S/c1-23(32-15-27(55-3)21-51(32)2)56-39-47-30(25-11-14-41(17-25)22-52(37(41)24-7-4-8-24)40(54)53-46-20-26(18-43)49-53)16-31(48-39)35-28-9-5-12-42(36(28)50-57-35)13-6-10-33-34(42)29(19-44)38(45)58-33/h16,20,23-25,27,32,37H,4-15,17,21-22,45H2,1-3H3/t23-,25?,27?,32?,37?,41?,42-/m0/s1. The van der Waals surface area contributed by atoms with Crippen LogP contribution in [0.4, 0.5) is 9.80 Å². The van der Waals surface area contributed by atoms with Crippen molar-refractivity contribution in [1.29, 1.82) is 10.5 Å². The maximum Gasteiger partial charge on any atom is 0.362 e. The Balaban J connectivity index is 1.000. The molecule has 6 aliphatic rings. The van der Waals surface area contributed by atoms with Gasteiger partial charge in [-0.15, -0.1) is 16.4 Å². The molecule has 10 rings (SSSR count). The topological polar surface area (TPSA) is 198 Å². The Hall–Kier alpha value is -4.90. The van der Waals surface area contributed by atoms with Gasteiger partial charge in [-0.25, -0.2) is 4.79 Å². The minimum absolute atomic E-state index is 0.0466. The van der Waals surface area contributed by atoms with E-state index in [1.54, 1.807) is 18.4 Å². The number of rotatable bonds is 7. The molecule has 302 valence electrons. The number of likely N-dealkylation sites (N-methyl/N-ethyl adjacent to an activating group) is 1. The van der Waals surface area contributed by atoms with Gasteiger partial charge in [0.05, 0.1) is 29.3 Å². The Morgan fingerprint density at radius 2 is 1.95 bits per heavy atom. The molecule has 2 saturated carbocycles. The van der Waals surface area contributed by atoms with Crippen molar-refractivity contribution in [3.63, 3.8) is 0 Å². The van der Waals surface area contributed by atoms with Crippen LogP contribution in [0, 0.1) is 34.0 Å². The highest BCUT2D eigenvalue weighted by Crippen LogP contribution is 2.60. The number of nitrogen functional groups attached to an aromatic ring is 1. The second-order valence-corrected chi connectivity index (χ2v) is 18.9. The van der Waals surface area contributed by atoms with Crippen LogP contribution < -0.4 is 10.5 Å². The number of anilines is 1. The summed E-state index contributed by atoms with van der Waals surface area (Å²) in [6.07, 6.45) is 13.7. The lowest BCUT2D eigenvalue weighted by molar-refractivity contribution is -0.0886. The third kappa shape index (κ3) is 5.77. The van der Waals surface area contributed by atoms with Gasteiger partial charge in [-0.2, -0.15) is 25.6 Å². The lowest BCUT2D eigenvalue weighted by atomic mass is 9.60. The molecule has 2 spiro atoms. The zero-order chi connectivity index (χ0) is 39.9. The molecule has 4 aromatic heterocycles. The Labute approximate surface area is 341 Å². The first-order valence-corrected chi connectivity index (χ1v) is 21.7. The maximum absolute atomic E-state index is 13.7. The van der Waals surface area contributed by atoms with Crippen LogP contribution in [0.2, 0.25) is 0 Å². The van der Waals surface area contributed by atoms with Crippen LogP contribution in [0.1, 0.15) is 122 Å². The highest BCUT2D eigenvalue weighted by molar-refractivity contribution is 7.16. The van der Waals surface area contributed by atoms with Crippen LogP contribution in [-0.2, 0) is 23.0 Å². The summed E-state index contributed by atoms with van der Waals surface area (Å²) in [6.45, 7) is 3.54. The van der Waals surface area contributed by atoms with Crippen LogP contribution in [0.3, 0.4) is 0 Å². The number of methoxy groups -OCH3 is 1. The molecule has 2 N–H and O–H groups in total. The van der Waals surface area contributed by atoms with Crippen molar-refractivity contribution in [1.82, 2.24) is 39.9 Å². The van der Waals surface area contributed by atoms with Crippen molar-refractivity contribution < 1.29 is 18.8 Å². The van der Waals surface area contributed by atoms with Crippen LogP contribution >= 0.6 is 11.3 Å². The molecule has 0 bridgehead atoms. The number of amides is 1. The number of nitrogens with zero attached hydrogens (tertiary/aromatic N) is 10. The second-order valence-electron chi connectivity index (χ2n) is 17.7. The zero-order valence-corrected chi connectivity index (χ0v) is 34.1.